The highest BCUT2D eigenvalue weighted by molar-refractivity contribution is 9.10. The molecule has 0 aromatic heterocycles. The van der Waals surface area contributed by atoms with Crippen molar-refractivity contribution in [3.8, 4) is 5.75 Å². The maximum Gasteiger partial charge on any atom is 0.124 e. The van der Waals surface area contributed by atoms with E-state index in [1.54, 1.807) is 18.2 Å². The van der Waals surface area contributed by atoms with Crippen LogP contribution in [0.25, 0.3) is 0 Å². The molecule has 7 heteroatoms. The van der Waals surface area contributed by atoms with Crippen LogP contribution in [0.5, 0.6) is 5.75 Å². The first kappa shape index (κ1) is 20.3. The minimum absolute atomic E-state index is 0.232. The molecule has 2 nitrogen and oxygen atoms in total. The molecule has 0 heterocycles. The summed E-state index contributed by atoms with van der Waals surface area (Å²) in [7, 11) is 0. The zero-order valence-corrected chi connectivity index (χ0v) is 17.8. The van der Waals surface area contributed by atoms with Crippen molar-refractivity contribution in [2.24, 2.45) is 0 Å². The zero-order valence-electron chi connectivity index (χ0n) is 13.9. The van der Waals surface area contributed by atoms with Gasteiger partial charge in [0, 0.05) is 27.2 Å². The Kier molecular flexibility index (Phi) is 6.88. The summed E-state index contributed by atoms with van der Waals surface area (Å²) in [6, 6.07) is 15.2. The highest BCUT2D eigenvalue weighted by Gasteiger charge is 2.09. The van der Waals surface area contributed by atoms with Gasteiger partial charge in [-0.25, -0.2) is 4.39 Å². The Labute approximate surface area is 180 Å². The first-order valence-corrected chi connectivity index (χ1v) is 9.89. The van der Waals surface area contributed by atoms with Gasteiger partial charge in [0.2, 0.25) is 0 Å². The van der Waals surface area contributed by atoms with Gasteiger partial charge in [0.15, 0.2) is 0 Å². The van der Waals surface area contributed by atoms with Crippen molar-refractivity contribution >= 4 is 56.4 Å². The lowest BCUT2D eigenvalue weighted by Crippen LogP contribution is -2.04. The minimum atomic E-state index is -0.378. The molecule has 0 bridgehead atoms. The van der Waals surface area contributed by atoms with Crippen molar-refractivity contribution < 1.29 is 9.13 Å². The molecule has 0 atom stereocenters. The molecule has 0 aliphatic heterocycles. The van der Waals surface area contributed by atoms with Crippen LogP contribution in [-0.4, -0.2) is 0 Å². The van der Waals surface area contributed by atoms with E-state index in [1.165, 1.54) is 12.1 Å². The Morgan fingerprint density at radius 1 is 0.889 bits per heavy atom. The van der Waals surface area contributed by atoms with E-state index in [4.69, 9.17) is 39.5 Å². The molecule has 0 aliphatic carbocycles. The van der Waals surface area contributed by atoms with E-state index in [0.717, 1.165) is 15.7 Å². The van der Waals surface area contributed by atoms with Crippen LogP contribution in [0.1, 0.15) is 11.1 Å². The maximum atomic E-state index is 13.2. The first-order chi connectivity index (χ1) is 12.9. The average Bonchev–Trinajstić information content (AvgIpc) is 2.61. The zero-order chi connectivity index (χ0) is 19.4. The second-order valence-corrected chi connectivity index (χ2v) is 7.92. The standard InChI is InChI=1S/C20H14BrCl3FNO/c21-14-2-6-20(27-11-12-1-4-16(25)9-17(12)23)13(7-14)10-26-19-5-3-15(22)8-18(19)24/h1-9,26H,10-11H2. The summed E-state index contributed by atoms with van der Waals surface area (Å²) in [5.74, 6) is 0.313. The van der Waals surface area contributed by atoms with Crippen molar-refractivity contribution in [2.45, 2.75) is 13.2 Å². The summed E-state index contributed by atoms with van der Waals surface area (Å²) in [4.78, 5) is 0. The quantitative estimate of drug-likeness (QED) is 0.382. The van der Waals surface area contributed by atoms with E-state index >= 15 is 0 Å². The number of anilines is 1. The fourth-order valence-corrected chi connectivity index (χ4v) is 3.55. The van der Waals surface area contributed by atoms with Crippen molar-refractivity contribution in [1.29, 1.82) is 0 Å². The van der Waals surface area contributed by atoms with E-state index in [0.29, 0.717) is 32.9 Å². The average molecular weight is 490 g/mol. The Morgan fingerprint density at radius 3 is 2.44 bits per heavy atom. The number of ether oxygens (including phenoxy) is 1. The fraction of sp³-hybridized carbons (Fsp3) is 0.100. The van der Waals surface area contributed by atoms with Crippen LogP contribution in [0.3, 0.4) is 0 Å². The molecule has 0 radical (unpaired) electrons. The van der Waals surface area contributed by atoms with Crippen molar-refractivity contribution in [3.05, 3.63) is 91.1 Å². The van der Waals surface area contributed by atoms with E-state index in [-0.39, 0.29) is 12.4 Å². The van der Waals surface area contributed by atoms with Crippen LogP contribution in [0.2, 0.25) is 15.1 Å². The van der Waals surface area contributed by atoms with Gasteiger partial charge in [-0.3, -0.25) is 0 Å². The van der Waals surface area contributed by atoms with Crippen LogP contribution < -0.4 is 10.1 Å². The molecular weight excluding hydrogens is 475 g/mol. The van der Waals surface area contributed by atoms with E-state index < -0.39 is 0 Å². The third-order valence-electron chi connectivity index (χ3n) is 3.82. The van der Waals surface area contributed by atoms with Gasteiger partial charge in [0.25, 0.3) is 0 Å². The lowest BCUT2D eigenvalue weighted by molar-refractivity contribution is 0.303. The van der Waals surface area contributed by atoms with Crippen LogP contribution in [0.15, 0.2) is 59.1 Å². The van der Waals surface area contributed by atoms with Gasteiger partial charge in [-0.05, 0) is 48.5 Å². The molecule has 1 N–H and O–H groups in total. The van der Waals surface area contributed by atoms with Gasteiger partial charge in [-0.2, -0.15) is 0 Å². The minimum Gasteiger partial charge on any atom is -0.488 e. The maximum absolute atomic E-state index is 13.2. The largest absolute Gasteiger partial charge is 0.488 e. The van der Waals surface area contributed by atoms with Crippen LogP contribution >= 0.6 is 50.7 Å². The van der Waals surface area contributed by atoms with Crippen LogP contribution in [-0.2, 0) is 13.2 Å². The van der Waals surface area contributed by atoms with Gasteiger partial charge in [0.1, 0.15) is 18.2 Å². The summed E-state index contributed by atoms with van der Waals surface area (Å²) < 4.78 is 20.0. The van der Waals surface area contributed by atoms with E-state index in [9.17, 15) is 4.39 Å². The lowest BCUT2D eigenvalue weighted by atomic mass is 10.2. The summed E-state index contributed by atoms with van der Waals surface area (Å²) in [6.45, 7) is 0.725. The molecule has 3 aromatic rings. The van der Waals surface area contributed by atoms with Crippen molar-refractivity contribution in [1.82, 2.24) is 0 Å². The summed E-state index contributed by atoms with van der Waals surface area (Å²) in [6.07, 6.45) is 0. The number of hydrogen-bond acceptors (Lipinski definition) is 2. The van der Waals surface area contributed by atoms with Gasteiger partial charge >= 0.3 is 0 Å². The SMILES string of the molecule is Fc1ccc(COc2ccc(Br)cc2CNc2ccc(Cl)cc2Cl)c(Cl)c1. The predicted octanol–water partition coefficient (Wildman–Crippen LogP) is 7.74. The summed E-state index contributed by atoms with van der Waals surface area (Å²) in [5.41, 5.74) is 2.41. The topological polar surface area (TPSA) is 21.3 Å². The monoisotopic (exact) mass is 487 g/mol. The van der Waals surface area contributed by atoms with Crippen molar-refractivity contribution in [3.63, 3.8) is 0 Å². The molecule has 3 rings (SSSR count). The molecule has 0 aliphatic rings. The number of nitrogens with one attached hydrogen (secondary N) is 1. The van der Waals surface area contributed by atoms with Crippen LogP contribution in [0, 0.1) is 5.82 Å². The molecule has 0 spiro atoms. The normalized spacial score (nSPS) is 10.7. The molecule has 0 amide bonds. The summed E-state index contributed by atoms with van der Waals surface area (Å²) in [5, 5.41) is 4.72. The Balaban J connectivity index is 1.74. The fourth-order valence-electron chi connectivity index (χ4n) is 2.44. The molecule has 0 saturated heterocycles. The molecule has 0 saturated carbocycles. The summed E-state index contributed by atoms with van der Waals surface area (Å²) >= 11 is 21.7. The number of halogens is 5. The van der Waals surface area contributed by atoms with E-state index in [1.807, 2.05) is 24.3 Å². The smallest absolute Gasteiger partial charge is 0.124 e. The first-order valence-electron chi connectivity index (χ1n) is 7.96. The molecule has 140 valence electrons. The lowest BCUT2D eigenvalue weighted by Gasteiger charge is -2.15. The van der Waals surface area contributed by atoms with E-state index in [2.05, 4.69) is 21.2 Å². The Hall–Kier alpha value is -1.46. The predicted molar refractivity (Wildman–Crippen MR) is 114 cm³/mol. The second-order valence-electron chi connectivity index (χ2n) is 5.75. The van der Waals surface area contributed by atoms with Gasteiger partial charge < -0.3 is 10.1 Å². The van der Waals surface area contributed by atoms with Crippen molar-refractivity contribution in [2.75, 3.05) is 5.32 Å². The second kappa shape index (κ2) is 9.16. The van der Waals surface area contributed by atoms with Gasteiger partial charge in [0.05, 0.1) is 15.7 Å². The highest BCUT2D eigenvalue weighted by atomic mass is 79.9. The number of benzene rings is 3. The number of rotatable bonds is 6. The third-order valence-corrected chi connectivity index (χ3v) is 5.21. The molecule has 0 fully saturated rings. The Bertz CT molecular complexity index is 968. The molecule has 0 unspecified atom stereocenters. The Morgan fingerprint density at radius 2 is 1.70 bits per heavy atom. The molecule has 3 aromatic carbocycles. The molecule has 27 heavy (non-hydrogen) atoms. The third kappa shape index (κ3) is 5.52. The van der Waals surface area contributed by atoms with Gasteiger partial charge in [-0.1, -0.05) is 56.8 Å². The number of hydrogen-bond donors (Lipinski definition) is 1. The molecular formula is C20H14BrCl3FNO. The highest BCUT2D eigenvalue weighted by Crippen LogP contribution is 2.29. The van der Waals surface area contributed by atoms with Crippen LogP contribution in [0.4, 0.5) is 10.1 Å². The van der Waals surface area contributed by atoms with Gasteiger partial charge in [-0.15, -0.1) is 0 Å².